The first-order valence-electron chi connectivity index (χ1n) is 5.82. The Balaban J connectivity index is 2.32. The second-order valence-corrected chi connectivity index (χ2v) is 4.64. The minimum absolute atomic E-state index is 0.260. The zero-order valence-electron chi connectivity index (χ0n) is 10.0. The second-order valence-electron chi connectivity index (χ2n) is 4.21. The summed E-state index contributed by atoms with van der Waals surface area (Å²) in [7, 11) is 0. The minimum Gasteiger partial charge on any atom is -0.466 e. The number of fused-ring (bicyclic) bond motifs is 1. The molecule has 2 rings (SSSR count). The molecule has 0 radical (unpaired) electrons. The molecule has 0 fully saturated rings. The number of benzene rings is 1. The van der Waals surface area contributed by atoms with E-state index in [-0.39, 0.29) is 11.9 Å². The Morgan fingerprint density at radius 3 is 3.00 bits per heavy atom. The summed E-state index contributed by atoms with van der Waals surface area (Å²) in [5.74, 6) is -0.564. The molecule has 0 saturated heterocycles. The van der Waals surface area contributed by atoms with Crippen molar-refractivity contribution in [1.82, 2.24) is 0 Å². The zero-order chi connectivity index (χ0) is 13.1. The van der Waals surface area contributed by atoms with Crippen LogP contribution in [-0.2, 0) is 16.0 Å². The van der Waals surface area contributed by atoms with Gasteiger partial charge in [-0.25, -0.2) is 0 Å². The van der Waals surface area contributed by atoms with Crippen LogP contribution in [-0.4, -0.2) is 23.5 Å². The first-order valence-corrected chi connectivity index (χ1v) is 6.19. The smallest absolute Gasteiger partial charge is 0.309 e. The molecule has 18 heavy (non-hydrogen) atoms. The monoisotopic (exact) mass is 267 g/mol. The summed E-state index contributed by atoms with van der Waals surface area (Å²) in [4.78, 5) is 11.8. The lowest BCUT2D eigenvalue weighted by Gasteiger charge is -2.23. The molecule has 0 saturated carbocycles. The number of nitrogens with zero attached hydrogens (tertiary/aromatic N) is 1. The van der Waals surface area contributed by atoms with Crippen molar-refractivity contribution in [2.24, 2.45) is 11.1 Å². The molecular weight excluding hydrogens is 254 g/mol. The van der Waals surface area contributed by atoms with Crippen LogP contribution in [0.2, 0.25) is 5.02 Å². The molecule has 1 aliphatic rings. The third kappa shape index (κ3) is 2.48. The topological polar surface area (TPSA) is 58.9 Å². The number of oxime groups is 1. The number of ether oxygens (including phenoxy) is 1. The molecule has 5 heteroatoms. The SMILES string of the molecule is CCOC(=O)C1CC(=NO)c2ccc(Cl)cc2C1. The molecule has 1 aliphatic carbocycles. The van der Waals surface area contributed by atoms with E-state index in [4.69, 9.17) is 21.5 Å². The van der Waals surface area contributed by atoms with Crippen LogP contribution in [0.3, 0.4) is 0 Å². The fraction of sp³-hybridized carbons (Fsp3) is 0.385. The largest absolute Gasteiger partial charge is 0.466 e. The lowest BCUT2D eigenvalue weighted by molar-refractivity contribution is -0.147. The zero-order valence-corrected chi connectivity index (χ0v) is 10.8. The van der Waals surface area contributed by atoms with Gasteiger partial charge in [-0.2, -0.15) is 0 Å². The summed E-state index contributed by atoms with van der Waals surface area (Å²) in [5, 5.41) is 12.9. The summed E-state index contributed by atoms with van der Waals surface area (Å²) in [5.41, 5.74) is 2.27. The summed E-state index contributed by atoms with van der Waals surface area (Å²) in [6, 6.07) is 5.36. The molecule has 0 amide bonds. The van der Waals surface area contributed by atoms with Crippen molar-refractivity contribution in [2.45, 2.75) is 19.8 Å². The molecule has 1 aromatic carbocycles. The summed E-state index contributed by atoms with van der Waals surface area (Å²) < 4.78 is 5.01. The first kappa shape index (κ1) is 12.9. The molecular formula is C13H14ClNO3. The van der Waals surface area contributed by atoms with Gasteiger partial charge >= 0.3 is 5.97 Å². The van der Waals surface area contributed by atoms with Gasteiger partial charge in [0.15, 0.2) is 0 Å². The number of hydrogen-bond acceptors (Lipinski definition) is 4. The van der Waals surface area contributed by atoms with Gasteiger partial charge in [0.2, 0.25) is 0 Å². The predicted octanol–water partition coefficient (Wildman–Crippen LogP) is 2.64. The number of carbonyl (C=O) groups is 1. The summed E-state index contributed by atoms with van der Waals surface area (Å²) in [6.07, 6.45) is 0.956. The van der Waals surface area contributed by atoms with Crippen LogP contribution in [0, 0.1) is 5.92 Å². The molecule has 0 bridgehead atoms. The van der Waals surface area contributed by atoms with Crippen molar-refractivity contribution in [3.8, 4) is 0 Å². The van der Waals surface area contributed by atoms with Gasteiger partial charge in [0, 0.05) is 17.0 Å². The molecule has 0 spiro atoms. The van der Waals surface area contributed by atoms with Crippen LogP contribution in [0.5, 0.6) is 0 Å². The number of esters is 1. The molecule has 1 N–H and O–H groups in total. The van der Waals surface area contributed by atoms with Crippen LogP contribution in [0.1, 0.15) is 24.5 Å². The average molecular weight is 268 g/mol. The lowest BCUT2D eigenvalue weighted by Crippen LogP contribution is -2.28. The van der Waals surface area contributed by atoms with Gasteiger partial charge in [-0.05, 0) is 31.0 Å². The first-order chi connectivity index (χ1) is 8.65. The molecule has 1 unspecified atom stereocenters. The van der Waals surface area contributed by atoms with E-state index in [1.807, 2.05) is 6.07 Å². The molecule has 0 aromatic heterocycles. The fourth-order valence-corrected chi connectivity index (χ4v) is 2.41. The Labute approximate surface area is 110 Å². The van der Waals surface area contributed by atoms with Gasteiger partial charge in [0.25, 0.3) is 0 Å². The quantitative estimate of drug-likeness (QED) is 0.509. The molecule has 1 aromatic rings. The Morgan fingerprint density at radius 1 is 1.56 bits per heavy atom. The third-order valence-electron chi connectivity index (χ3n) is 3.02. The maximum atomic E-state index is 11.8. The molecule has 1 atom stereocenters. The number of carbonyl (C=O) groups excluding carboxylic acids is 1. The van der Waals surface area contributed by atoms with E-state index in [1.54, 1.807) is 19.1 Å². The maximum absolute atomic E-state index is 11.8. The highest BCUT2D eigenvalue weighted by atomic mass is 35.5. The fourth-order valence-electron chi connectivity index (χ4n) is 2.22. The van der Waals surface area contributed by atoms with E-state index in [0.717, 1.165) is 11.1 Å². The van der Waals surface area contributed by atoms with Crippen LogP contribution in [0.15, 0.2) is 23.4 Å². The Kier molecular flexibility index (Phi) is 3.87. The van der Waals surface area contributed by atoms with Crippen molar-refractivity contribution in [2.75, 3.05) is 6.61 Å². The average Bonchev–Trinajstić information content (AvgIpc) is 2.37. The Morgan fingerprint density at radius 2 is 2.33 bits per heavy atom. The van der Waals surface area contributed by atoms with Gasteiger partial charge in [-0.1, -0.05) is 22.8 Å². The van der Waals surface area contributed by atoms with Crippen LogP contribution in [0.4, 0.5) is 0 Å². The van der Waals surface area contributed by atoms with Crippen molar-refractivity contribution >= 4 is 23.3 Å². The van der Waals surface area contributed by atoms with E-state index in [9.17, 15) is 4.79 Å². The van der Waals surface area contributed by atoms with E-state index in [2.05, 4.69) is 5.16 Å². The van der Waals surface area contributed by atoms with Gasteiger partial charge < -0.3 is 9.94 Å². The van der Waals surface area contributed by atoms with Crippen LogP contribution >= 0.6 is 11.6 Å². The minimum atomic E-state index is -0.304. The third-order valence-corrected chi connectivity index (χ3v) is 3.26. The van der Waals surface area contributed by atoms with Gasteiger partial charge in [0.1, 0.15) is 0 Å². The van der Waals surface area contributed by atoms with Crippen molar-refractivity contribution in [3.63, 3.8) is 0 Å². The summed E-state index contributed by atoms with van der Waals surface area (Å²) >= 11 is 5.94. The molecule has 0 aliphatic heterocycles. The van der Waals surface area contributed by atoms with Crippen LogP contribution in [0.25, 0.3) is 0 Å². The van der Waals surface area contributed by atoms with Gasteiger partial charge in [-0.3, -0.25) is 4.79 Å². The van der Waals surface area contributed by atoms with E-state index in [1.165, 1.54) is 0 Å². The van der Waals surface area contributed by atoms with E-state index >= 15 is 0 Å². The van der Waals surface area contributed by atoms with Gasteiger partial charge in [-0.15, -0.1) is 0 Å². The highest BCUT2D eigenvalue weighted by Gasteiger charge is 2.30. The van der Waals surface area contributed by atoms with E-state index in [0.29, 0.717) is 30.2 Å². The predicted molar refractivity (Wildman–Crippen MR) is 68.2 cm³/mol. The van der Waals surface area contributed by atoms with Crippen molar-refractivity contribution < 1.29 is 14.7 Å². The van der Waals surface area contributed by atoms with Crippen molar-refractivity contribution in [3.05, 3.63) is 34.3 Å². The Hall–Kier alpha value is -1.55. The van der Waals surface area contributed by atoms with Crippen molar-refractivity contribution in [1.29, 1.82) is 0 Å². The number of halogens is 1. The number of hydrogen-bond donors (Lipinski definition) is 1. The standard InChI is InChI=1S/C13H14ClNO3/c1-2-18-13(16)9-5-8-6-10(14)3-4-11(8)12(7-9)15-17/h3-4,6,9,17H,2,5,7H2,1H3. The van der Waals surface area contributed by atoms with E-state index < -0.39 is 0 Å². The Bertz CT molecular complexity index is 499. The normalized spacial score (nSPS) is 20.6. The summed E-state index contributed by atoms with van der Waals surface area (Å²) in [6.45, 7) is 2.12. The lowest BCUT2D eigenvalue weighted by atomic mass is 9.82. The second kappa shape index (κ2) is 5.40. The molecule has 4 nitrogen and oxygen atoms in total. The highest BCUT2D eigenvalue weighted by molar-refractivity contribution is 6.30. The maximum Gasteiger partial charge on any atom is 0.309 e. The highest BCUT2D eigenvalue weighted by Crippen LogP contribution is 2.29. The van der Waals surface area contributed by atoms with Crippen LogP contribution < -0.4 is 0 Å². The number of rotatable bonds is 2. The molecule has 96 valence electrons. The molecule has 0 heterocycles. The van der Waals surface area contributed by atoms with Gasteiger partial charge in [0.05, 0.1) is 18.2 Å².